The van der Waals surface area contributed by atoms with E-state index in [0.717, 1.165) is 0 Å². The Labute approximate surface area is 103 Å². The van der Waals surface area contributed by atoms with Gasteiger partial charge in [0.2, 0.25) is 0 Å². The van der Waals surface area contributed by atoms with Gasteiger partial charge in [0.25, 0.3) is 0 Å². The SMILES string of the molecule is O=C(O)C(c1ccc(Cl)cc1)N1CCOC1=O. The minimum Gasteiger partial charge on any atom is -0.479 e. The maximum Gasteiger partial charge on any atom is 0.410 e. The molecule has 1 aliphatic rings. The number of aliphatic carboxylic acids is 1. The number of nitrogens with zero attached hydrogens (tertiary/aromatic N) is 1. The third-order valence-corrected chi connectivity index (χ3v) is 2.78. The summed E-state index contributed by atoms with van der Waals surface area (Å²) in [5, 5.41) is 9.71. The summed E-state index contributed by atoms with van der Waals surface area (Å²) in [6.07, 6.45) is -0.604. The topological polar surface area (TPSA) is 66.8 Å². The lowest BCUT2D eigenvalue weighted by Crippen LogP contribution is -2.34. The van der Waals surface area contributed by atoms with Gasteiger partial charge in [-0.1, -0.05) is 23.7 Å². The summed E-state index contributed by atoms with van der Waals surface area (Å²) in [6, 6.07) is 5.34. The predicted molar refractivity (Wildman–Crippen MR) is 59.9 cm³/mol. The molecule has 0 aromatic heterocycles. The van der Waals surface area contributed by atoms with Gasteiger partial charge in [-0.3, -0.25) is 4.90 Å². The van der Waals surface area contributed by atoms with Crippen molar-refractivity contribution in [1.82, 2.24) is 4.90 Å². The van der Waals surface area contributed by atoms with Crippen molar-refractivity contribution < 1.29 is 19.4 Å². The zero-order valence-electron chi connectivity index (χ0n) is 8.80. The lowest BCUT2D eigenvalue weighted by atomic mass is 10.1. The molecule has 0 radical (unpaired) electrons. The summed E-state index contributed by atoms with van der Waals surface area (Å²) in [6.45, 7) is 0.495. The van der Waals surface area contributed by atoms with Crippen molar-refractivity contribution in [1.29, 1.82) is 0 Å². The number of carbonyl (C=O) groups is 2. The van der Waals surface area contributed by atoms with Crippen molar-refractivity contribution in [2.75, 3.05) is 13.2 Å². The van der Waals surface area contributed by atoms with Crippen molar-refractivity contribution in [2.24, 2.45) is 0 Å². The Bertz CT molecular complexity index is 445. The summed E-state index contributed by atoms with van der Waals surface area (Å²) >= 11 is 5.73. The van der Waals surface area contributed by atoms with Crippen molar-refractivity contribution in [3.63, 3.8) is 0 Å². The molecule has 0 spiro atoms. The molecule has 1 heterocycles. The Kier molecular flexibility index (Phi) is 3.19. The first-order chi connectivity index (χ1) is 8.09. The van der Waals surface area contributed by atoms with Gasteiger partial charge in [-0.05, 0) is 17.7 Å². The van der Waals surface area contributed by atoms with Crippen LogP contribution in [-0.2, 0) is 9.53 Å². The van der Waals surface area contributed by atoms with E-state index in [-0.39, 0.29) is 13.2 Å². The van der Waals surface area contributed by atoms with Crippen LogP contribution in [0.3, 0.4) is 0 Å². The normalized spacial score (nSPS) is 16.8. The quantitative estimate of drug-likeness (QED) is 0.896. The molecule has 1 aromatic rings. The Morgan fingerprint density at radius 3 is 2.53 bits per heavy atom. The predicted octanol–water partition coefficient (Wildman–Crippen LogP) is 1.92. The molecule has 1 aliphatic heterocycles. The summed E-state index contributed by atoms with van der Waals surface area (Å²) in [7, 11) is 0. The summed E-state index contributed by atoms with van der Waals surface area (Å²) in [5.41, 5.74) is 0.501. The third-order valence-electron chi connectivity index (χ3n) is 2.52. The molecule has 1 atom stereocenters. The van der Waals surface area contributed by atoms with Crippen LogP contribution in [0.2, 0.25) is 5.02 Å². The fourth-order valence-electron chi connectivity index (χ4n) is 1.74. The number of rotatable bonds is 3. The lowest BCUT2D eigenvalue weighted by molar-refractivity contribution is -0.142. The van der Waals surface area contributed by atoms with Crippen molar-refractivity contribution >= 4 is 23.7 Å². The van der Waals surface area contributed by atoms with E-state index in [1.165, 1.54) is 4.90 Å². The number of benzene rings is 1. The number of carbonyl (C=O) groups excluding carboxylic acids is 1. The fourth-order valence-corrected chi connectivity index (χ4v) is 1.87. The number of carboxylic acid groups (broad SMARTS) is 1. The van der Waals surface area contributed by atoms with E-state index in [1.54, 1.807) is 24.3 Å². The first-order valence-corrected chi connectivity index (χ1v) is 5.39. The highest BCUT2D eigenvalue weighted by molar-refractivity contribution is 6.30. The molecule has 17 heavy (non-hydrogen) atoms. The number of hydrogen-bond acceptors (Lipinski definition) is 3. The Morgan fingerprint density at radius 2 is 2.06 bits per heavy atom. The summed E-state index contributed by atoms with van der Waals surface area (Å²) < 4.78 is 4.74. The van der Waals surface area contributed by atoms with Crippen LogP contribution in [0.4, 0.5) is 4.79 Å². The molecule has 6 heteroatoms. The van der Waals surface area contributed by atoms with Crippen LogP contribution in [0, 0.1) is 0 Å². The van der Waals surface area contributed by atoms with Gasteiger partial charge in [0.15, 0.2) is 6.04 Å². The van der Waals surface area contributed by atoms with E-state index in [0.29, 0.717) is 10.6 Å². The highest BCUT2D eigenvalue weighted by Gasteiger charge is 2.35. The second-order valence-electron chi connectivity index (χ2n) is 3.60. The zero-order chi connectivity index (χ0) is 12.4. The van der Waals surface area contributed by atoms with Crippen LogP contribution in [-0.4, -0.2) is 35.2 Å². The Balaban J connectivity index is 2.32. The number of hydrogen-bond donors (Lipinski definition) is 1. The first kappa shape index (κ1) is 11.7. The van der Waals surface area contributed by atoms with Crippen molar-refractivity contribution in [3.05, 3.63) is 34.9 Å². The van der Waals surface area contributed by atoms with E-state index >= 15 is 0 Å². The van der Waals surface area contributed by atoms with Crippen molar-refractivity contribution in [2.45, 2.75) is 6.04 Å². The standard InChI is InChI=1S/C11H10ClNO4/c12-8-3-1-7(2-4-8)9(10(14)15)13-5-6-17-11(13)16/h1-4,9H,5-6H2,(H,14,15). The first-order valence-electron chi connectivity index (χ1n) is 5.01. The minimum atomic E-state index is -1.09. The lowest BCUT2D eigenvalue weighted by Gasteiger charge is -2.21. The number of amides is 1. The van der Waals surface area contributed by atoms with Gasteiger partial charge in [-0.15, -0.1) is 0 Å². The molecular weight excluding hydrogens is 246 g/mol. The monoisotopic (exact) mass is 255 g/mol. The highest BCUT2D eigenvalue weighted by atomic mass is 35.5. The van der Waals surface area contributed by atoms with Crippen molar-refractivity contribution in [3.8, 4) is 0 Å². The molecular formula is C11H10ClNO4. The molecule has 1 unspecified atom stereocenters. The van der Waals surface area contributed by atoms with Gasteiger partial charge in [-0.2, -0.15) is 0 Å². The molecule has 1 fully saturated rings. The summed E-state index contributed by atoms with van der Waals surface area (Å²) in [5.74, 6) is -1.09. The molecule has 0 bridgehead atoms. The molecule has 5 nitrogen and oxygen atoms in total. The molecule has 2 rings (SSSR count). The molecule has 0 aliphatic carbocycles. The van der Waals surface area contributed by atoms with Crippen LogP contribution in [0.25, 0.3) is 0 Å². The van der Waals surface area contributed by atoms with Gasteiger partial charge in [-0.25, -0.2) is 9.59 Å². The second kappa shape index (κ2) is 4.63. The minimum absolute atomic E-state index is 0.218. The van der Waals surface area contributed by atoms with Gasteiger partial charge in [0.1, 0.15) is 6.61 Å². The average Bonchev–Trinajstić information content (AvgIpc) is 2.68. The van der Waals surface area contributed by atoms with Gasteiger partial charge < -0.3 is 9.84 Å². The largest absolute Gasteiger partial charge is 0.479 e. The van der Waals surface area contributed by atoms with Crippen LogP contribution in [0.15, 0.2) is 24.3 Å². The third kappa shape index (κ3) is 2.34. The maximum absolute atomic E-state index is 11.4. The van der Waals surface area contributed by atoms with Gasteiger partial charge in [0.05, 0.1) is 6.54 Å². The van der Waals surface area contributed by atoms with E-state index < -0.39 is 18.1 Å². The maximum atomic E-state index is 11.4. The van der Waals surface area contributed by atoms with E-state index in [9.17, 15) is 14.7 Å². The highest BCUT2D eigenvalue weighted by Crippen LogP contribution is 2.25. The molecule has 1 amide bonds. The number of carboxylic acids is 1. The van der Waals surface area contributed by atoms with Crippen LogP contribution in [0.5, 0.6) is 0 Å². The van der Waals surface area contributed by atoms with Gasteiger partial charge >= 0.3 is 12.1 Å². The molecule has 1 saturated heterocycles. The molecule has 1 N–H and O–H groups in total. The van der Waals surface area contributed by atoms with E-state index in [2.05, 4.69) is 0 Å². The summed E-state index contributed by atoms with van der Waals surface area (Å²) in [4.78, 5) is 23.8. The molecule has 1 aromatic carbocycles. The van der Waals surface area contributed by atoms with E-state index in [4.69, 9.17) is 16.3 Å². The zero-order valence-corrected chi connectivity index (χ0v) is 9.55. The smallest absolute Gasteiger partial charge is 0.410 e. The van der Waals surface area contributed by atoms with E-state index in [1.807, 2.05) is 0 Å². The number of cyclic esters (lactones) is 1. The van der Waals surface area contributed by atoms with Crippen LogP contribution >= 0.6 is 11.6 Å². The van der Waals surface area contributed by atoms with Crippen LogP contribution in [0.1, 0.15) is 11.6 Å². The fraction of sp³-hybridized carbons (Fsp3) is 0.273. The second-order valence-corrected chi connectivity index (χ2v) is 4.04. The number of halogens is 1. The van der Waals surface area contributed by atoms with Crippen LogP contribution < -0.4 is 0 Å². The molecule has 90 valence electrons. The van der Waals surface area contributed by atoms with Gasteiger partial charge in [0, 0.05) is 5.02 Å². The Morgan fingerprint density at radius 1 is 1.41 bits per heavy atom. The average molecular weight is 256 g/mol. The Hall–Kier alpha value is -1.75. The molecule has 0 saturated carbocycles. The number of ether oxygens (including phenoxy) is 1.